The van der Waals surface area contributed by atoms with Gasteiger partial charge in [-0.15, -0.1) is 0 Å². The van der Waals surface area contributed by atoms with Crippen LogP contribution in [0.2, 0.25) is 0 Å². The number of ether oxygens (including phenoxy) is 1. The van der Waals surface area contributed by atoms with Gasteiger partial charge in [0.25, 0.3) is 0 Å². The fraction of sp³-hybridized carbons (Fsp3) is 1.00. The van der Waals surface area contributed by atoms with E-state index in [0.717, 1.165) is 26.1 Å². The maximum absolute atomic E-state index is 10.2. The van der Waals surface area contributed by atoms with Gasteiger partial charge in [0.2, 0.25) is 0 Å². The van der Waals surface area contributed by atoms with Crippen LogP contribution in [0.5, 0.6) is 0 Å². The predicted molar refractivity (Wildman–Crippen MR) is 106 cm³/mol. The normalized spacial score (nSPS) is 10.2. The second-order valence-electron chi connectivity index (χ2n) is 5.21. The van der Waals surface area contributed by atoms with Crippen LogP contribution in [0.3, 0.4) is 0 Å². The third-order valence-corrected chi connectivity index (χ3v) is 3.60. The maximum atomic E-state index is 10.2. The van der Waals surface area contributed by atoms with E-state index in [1.807, 2.05) is 13.8 Å². The van der Waals surface area contributed by atoms with Crippen molar-refractivity contribution in [2.45, 2.75) is 85.0 Å². The van der Waals surface area contributed by atoms with Gasteiger partial charge in [0.1, 0.15) is 0 Å². The van der Waals surface area contributed by atoms with Crippen LogP contribution in [-0.4, -0.2) is 91.9 Å². The first-order chi connectivity index (χ1) is 10.5. The van der Waals surface area contributed by atoms with Crippen LogP contribution < -0.4 is 0 Å². The molecule has 0 fully saturated rings. The quantitative estimate of drug-likeness (QED) is 0.280. The third-order valence-electron chi connectivity index (χ3n) is 3.14. The molecule has 0 aromatic rings. The Morgan fingerprint density at radius 3 is 1.38 bits per heavy atom. The number of hydrogen-bond acceptors (Lipinski definition) is 4. The van der Waals surface area contributed by atoms with Crippen molar-refractivity contribution >= 4 is 69.5 Å². The van der Waals surface area contributed by atoms with Gasteiger partial charge in [0, 0.05) is 13.2 Å². The summed E-state index contributed by atoms with van der Waals surface area (Å²) in [5.41, 5.74) is 0. The van der Waals surface area contributed by atoms with E-state index in [2.05, 4.69) is 11.1 Å². The molecule has 1 N–H and O–H groups in total. The summed E-state index contributed by atoms with van der Waals surface area (Å²) in [5.74, 6) is 0. The summed E-state index contributed by atoms with van der Waals surface area (Å²) in [6, 6.07) is 0. The predicted octanol–water partition coefficient (Wildman–Crippen LogP) is 3.47. The summed E-state index contributed by atoms with van der Waals surface area (Å²) in [6.07, 6.45) is 11.9. The Morgan fingerprint density at radius 1 is 0.708 bits per heavy atom. The van der Waals surface area contributed by atoms with Crippen molar-refractivity contribution in [3.05, 3.63) is 0 Å². The topological polar surface area (TPSA) is 72.8 Å². The molecular weight excluding hydrogens is 350 g/mol. The van der Waals surface area contributed by atoms with Crippen LogP contribution in [0, 0.1) is 0 Å². The van der Waals surface area contributed by atoms with Crippen molar-refractivity contribution < 1.29 is 21.9 Å². The van der Waals surface area contributed by atoms with E-state index in [1.165, 1.54) is 44.9 Å². The molecule has 0 rings (SSSR count). The van der Waals surface area contributed by atoms with Crippen molar-refractivity contribution in [1.29, 1.82) is 0 Å². The number of rotatable bonds is 14. The Morgan fingerprint density at radius 2 is 1.08 bits per heavy atom. The Labute approximate surface area is 194 Å². The van der Waals surface area contributed by atoms with E-state index in [-0.39, 0.29) is 65.7 Å². The molecule has 0 aliphatic carbocycles. The van der Waals surface area contributed by atoms with Crippen molar-refractivity contribution in [3.63, 3.8) is 0 Å². The summed E-state index contributed by atoms with van der Waals surface area (Å²) in [4.78, 5) is 0. The van der Waals surface area contributed by atoms with Gasteiger partial charge in [-0.2, -0.15) is 8.42 Å². The molecule has 0 aliphatic heterocycles. The second kappa shape index (κ2) is 27.1. The zero-order valence-corrected chi connectivity index (χ0v) is 15.5. The van der Waals surface area contributed by atoms with E-state index in [9.17, 15) is 8.42 Å². The Balaban J connectivity index is -0.000000250. The molecule has 0 spiro atoms. The minimum absolute atomic E-state index is 0. The average Bonchev–Trinajstić information content (AvgIpc) is 2.45. The molecule has 140 valence electrons. The van der Waals surface area contributed by atoms with Gasteiger partial charge in [-0.05, 0) is 20.3 Å². The van der Waals surface area contributed by atoms with E-state index >= 15 is 0 Å². The van der Waals surface area contributed by atoms with Crippen molar-refractivity contribution in [2.75, 3.05) is 19.8 Å². The zero-order chi connectivity index (χ0) is 17.1. The van der Waals surface area contributed by atoms with Gasteiger partial charge >= 0.3 is 69.5 Å². The Kier molecular flexibility index (Phi) is 37.7. The van der Waals surface area contributed by atoms with Gasteiger partial charge in [0.15, 0.2) is 0 Å². The molecule has 0 bridgehead atoms. The molecule has 0 saturated heterocycles. The van der Waals surface area contributed by atoms with Gasteiger partial charge in [0.05, 0.1) is 6.61 Å². The number of unbranched alkanes of at least 4 members (excludes halogenated alkanes) is 9. The summed E-state index contributed by atoms with van der Waals surface area (Å²) < 4.78 is 37.8. The van der Waals surface area contributed by atoms with Gasteiger partial charge in [-0.25, -0.2) is 4.18 Å². The molecule has 5 nitrogen and oxygen atoms in total. The summed E-state index contributed by atoms with van der Waals surface area (Å²) in [6.45, 7) is 7.98. The van der Waals surface area contributed by atoms with Gasteiger partial charge in [-0.1, -0.05) is 64.7 Å². The fourth-order valence-electron chi connectivity index (χ4n) is 1.96. The SMILES string of the molecule is CCCCCCCCCCCCOS(=O)(=O)O.CCOCC.[NaH].[NaH]. The molecule has 0 aromatic heterocycles. The monoisotopic (exact) mass is 388 g/mol. The summed E-state index contributed by atoms with van der Waals surface area (Å²) in [7, 11) is -4.23. The average molecular weight is 389 g/mol. The molecule has 0 aromatic carbocycles. The molecule has 8 heteroatoms. The standard InChI is InChI=1S/C12H26O4S.C4H10O.2Na.2H/c1-2-3-4-5-6-7-8-9-10-11-12-16-17(13,14)15;1-3-5-4-2;;;;/h2-12H2,1H3,(H,13,14,15);3-4H2,1-2H3;;;;. The fourth-order valence-corrected chi connectivity index (χ4v) is 2.29. The minimum atomic E-state index is -4.23. The summed E-state index contributed by atoms with van der Waals surface area (Å²) >= 11 is 0. The molecule has 0 atom stereocenters. The zero-order valence-electron chi connectivity index (χ0n) is 14.7. The molecule has 0 saturated carbocycles. The van der Waals surface area contributed by atoms with Crippen LogP contribution in [0.25, 0.3) is 0 Å². The van der Waals surface area contributed by atoms with Gasteiger partial charge in [-0.3, -0.25) is 4.55 Å². The van der Waals surface area contributed by atoms with Crippen LogP contribution in [0.15, 0.2) is 0 Å². The molecule has 24 heavy (non-hydrogen) atoms. The first-order valence-corrected chi connectivity index (χ1v) is 10.0. The van der Waals surface area contributed by atoms with Crippen molar-refractivity contribution in [2.24, 2.45) is 0 Å². The van der Waals surface area contributed by atoms with Crippen molar-refractivity contribution in [1.82, 2.24) is 0 Å². The molecule has 0 amide bonds. The second-order valence-corrected chi connectivity index (χ2v) is 6.30. The van der Waals surface area contributed by atoms with Crippen LogP contribution in [0.4, 0.5) is 0 Å². The number of hydrogen-bond donors (Lipinski definition) is 1. The van der Waals surface area contributed by atoms with Gasteiger partial charge < -0.3 is 4.74 Å². The third kappa shape index (κ3) is 39.1. The molecule has 0 aliphatic rings. The molecule has 0 unspecified atom stereocenters. The van der Waals surface area contributed by atoms with E-state index in [0.29, 0.717) is 6.42 Å². The summed E-state index contributed by atoms with van der Waals surface area (Å²) in [5, 5.41) is 0. The Bertz CT molecular complexity index is 299. The molecule has 0 heterocycles. The van der Waals surface area contributed by atoms with Crippen LogP contribution in [0.1, 0.15) is 85.0 Å². The Hall–Kier alpha value is 1.83. The van der Waals surface area contributed by atoms with Crippen LogP contribution in [-0.2, 0) is 19.3 Å². The van der Waals surface area contributed by atoms with Crippen molar-refractivity contribution in [3.8, 4) is 0 Å². The first kappa shape index (κ1) is 33.4. The molecule has 0 radical (unpaired) electrons. The van der Waals surface area contributed by atoms with E-state index in [1.54, 1.807) is 0 Å². The van der Waals surface area contributed by atoms with E-state index in [4.69, 9.17) is 9.29 Å². The van der Waals surface area contributed by atoms with E-state index < -0.39 is 10.4 Å². The van der Waals surface area contributed by atoms with Crippen LogP contribution >= 0.6 is 0 Å². The first-order valence-electron chi connectivity index (χ1n) is 8.67. The molecular formula is C16H38Na2O5S.